The molecule has 0 fully saturated rings. The van der Waals surface area contributed by atoms with E-state index in [9.17, 15) is 4.57 Å². The summed E-state index contributed by atoms with van der Waals surface area (Å²) in [5, 5.41) is 0. The highest BCUT2D eigenvalue weighted by Gasteiger charge is 1.74. The second kappa shape index (κ2) is 8.30. The lowest BCUT2D eigenvalue weighted by atomic mass is 11.8. The van der Waals surface area contributed by atoms with E-state index in [2.05, 4.69) is 4.52 Å². The molecule has 0 saturated heterocycles. The molecule has 0 saturated carbocycles. The van der Waals surface area contributed by atoms with Gasteiger partial charge in [0.05, 0.1) is 0 Å². The third-order valence-electron chi connectivity index (χ3n) is 0.175. The minimum absolute atomic E-state index is 1.18. The molecule has 8 heteroatoms. The Morgan fingerprint density at radius 1 is 1.22 bits per heavy atom. The topological polar surface area (TPSA) is 104 Å². The lowest BCUT2D eigenvalue weighted by Gasteiger charge is -1.78. The average molecular weight is 178 g/mol. The van der Waals surface area contributed by atoms with E-state index in [1.54, 1.807) is 0 Å². The third-order valence-corrected chi connectivity index (χ3v) is 0.524. The van der Waals surface area contributed by atoms with E-state index in [1.165, 1.54) is 7.11 Å². The van der Waals surface area contributed by atoms with Crippen LogP contribution in [-0.2, 0) is 13.7 Å². The highest BCUT2D eigenvalue weighted by atomic mass is 31.1. The smallest absolute Gasteiger partial charge is 0.316 e. The summed E-state index contributed by atoms with van der Waals surface area (Å²) in [7, 11) is -4.57. The first-order valence-electron chi connectivity index (χ1n) is 1.69. The van der Waals surface area contributed by atoms with Crippen LogP contribution in [-0.4, -0.2) is 21.8 Å². The van der Waals surface area contributed by atoms with Crippen molar-refractivity contribution in [3.05, 3.63) is 0 Å². The minimum Gasteiger partial charge on any atom is -0.326 e. The van der Waals surface area contributed by atoms with E-state index >= 15 is 0 Å². The normalized spacial score (nSPS) is 12.1. The summed E-state index contributed by atoms with van der Waals surface area (Å²) in [6, 6.07) is 0. The van der Waals surface area contributed by atoms with Gasteiger partial charge in [-0.05, 0) is 0 Å². The summed E-state index contributed by atoms with van der Waals surface area (Å²) in [6.07, 6.45) is 0. The van der Waals surface area contributed by atoms with Gasteiger partial charge in [-0.15, -0.1) is 0 Å². The van der Waals surface area contributed by atoms with Crippen LogP contribution in [0.25, 0.3) is 0 Å². The first kappa shape index (κ1) is 12.0. The molecule has 3 N–H and O–H groups in total. The van der Waals surface area contributed by atoms with Gasteiger partial charge in [-0.3, -0.25) is 9.13 Å². The molecule has 0 aromatic carbocycles. The maximum absolute atomic E-state index is 9.33. The number of hydrogen-bond donors (Lipinski definition) is 3. The van der Waals surface area contributed by atoms with Crippen LogP contribution < -0.4 is 0 Å². The summed E-state index contributed by atoms with van der Waals surface area (Å²) in [5.41, 5.74) is 0. The van der Waals surface area contributed by atoms with Crippen molar-refractivity contribution in [3.63, 3.8) is 0 Å². The zero-order valence-corrected chi connectivity index (χ0v) is 6.57. The molecule has 9 heavy (non-hydrogen) atoms. The van der Waals surface area contributed by atoms with Gasteiger partial charge in [0.1, 0.15) is 0 Å². The van der Waals surface area contributed by atoms with Crippen LogP contribution in [0.2, 0.25) is 0 Å². The maximum Gasteiger partial charge on any atom is 0.316 e. The van der Waals surface area contributed by atoms with Gasteiger partial charge < -0.3 is 19.2 Å². The Balaban J connectivity index is 0. The Labute approximate surface area is 53.0 Å². The van der Waals surface area contributed by atoms with Crippen molar-refractivity contribution in [2.24, 2.45) is 0 Å². The van der Waals surface area contributed by atoms with E-state index in [4.69, 9.17) is 19.2 Å². The molecule has 0 aliphatic heterocycles. The van der Waals surface area contributed by atoms with Crippen LogP contribution in [0, 0.1) is 0 Å². The molecule has 6 nitrogen and oxygen atoms in total. The lowest BCUT2D eigenvalue weighted by Crippen LogP contribution is -1.57. The molecular weight excluding hydrogens is 170 g/mol. The molecule has 1 unspecified atom stereocenters. The van der Waals surface area contributed by atoms with Gasteiger partial charge in [-0.2, -0.15) is 0 Å². The largest absolute Gasteiger partial charge is 0.326 e. The Hall–Kier alpha value is 0.300. The van der Waals surface area contributed by atoms with E-state index in [0.717, 1.165) is 0 Å². The van der Waals surface area contributed by atoms with Gasteiger partial charge in [-0.1, -0.05) is 0 Å². The van der Waals surface area contributed by atoms with Crippen LogP contribution in [0.15, 0.2) is 0 Å². The quantitative estimate of drug-likeness (QED) is 0.462. The summed E-state index contributed by atoms with van der Waals surface area (Å²) in [6.45, 7) is 0. The standard InChI is InChI=1S/CH5O3P.H3O3P/c1-4-5(2)3;1-4(2)3/h5H,1H3,(H,2,3);4H,(H2,1,2,3). The molecule has 0 bridgehead atoms. The van der Waals surface area contributed by atoms with Crippen LogP contribution in [0.3, 0.4) is 0 Å². The van der Waals surface area contributed by atoms with Crippen LogP contribution in [0.4, 0.5) is 0 Å². The summed E-state index contributed by atoms with van der Waals surface area (Å²) in [4.78, 5) is 22.0. The minimum atomic E-state index is -3.13. The molecule has 58 valence electrons. The Morgan fingerprint density at radius 2 is 1.33 bits per heavy atom. The average Bonchev–Trinajstić information content (AvgIpc) is 1.65. The maximum atomic E-state index is 9.33. The van der Waals surface area contributed by atoms with Crippen LogP contribution in [0.1, 0.15) is 0 Å². The van der Waals surface area contributed by atoms with Crippen LogP contribution in [0.5, 0.6) is 0 Å². The molecule has 0 amide bonds. The van der Waals surface area contributed by atoms with Crippen molar-refractivity contribution in [2.45, 2.75) is 0 Å². The Bertz CT molecular complexity index is 95.2. The lowest BCUT2D eigenvalue weighted by molar-refractivity contribution is 0.343. The first-order valence-corrected chi connectivity index (χ1v) is 4.26. The van der Waals surface area contributed by atoms with E-state index in [0.29, 0.717) is 0 Å². The Kier molecular flexibility index (Phi) is 11.1. The molecule has 1 atom stereocenters. The summed E-state index contributed by atoms with van der Waals surface area (Å²) >= 11 is 0. The van der Waals surface area contributed by atoms with Crippen molar-refractivity contribution >= 4 is 16.5 Å². The molecule has 0 heterocycles. The second-order valence-corrected chi connectivity index (χ2v) is 2.26. The molecule has 0 radical (unpaired) electrons. The molecule has 0 spiro atoms. The summed E-state index contributed by atoms with van der Waals surface area (Å²) in [5.74, 6) is 0. The van der Waals surface area contributed by atoms with Crippen LogP contribution >= 0.6 is 16.5 Å². The number of rotatable bonds is 1. The second-order valence-electron chi connectivity index (χ2n) is 0.753. The van der Waals surface area contributed by atoms with E-state index in [1.807, 2.05) is 0 Å². The third kappa shape index (κ3) is 62.3. The molecule has 0 aromatic heterocycles. The Morgan fingerprint density at radius 3 is 1.33 bits per heavy atom. The van der Waals surface area contributed by atoms with Crippen molar-refractivity contribution in [2.75, 3.05) is 7.11 Å². The van der Waals surface area contributed by atoms with Gasteiger partial charge in [-0.25, -0.2) is 0 Å². The predicted octanol–water partition coefficient (Wildman–Crippen LogP) is -0.625. The van der Waals surface area contributed by atoms with Crippen molar-refractivity contribution in [1.82, 2.24) is 0 Å². The molecular formula is CH8O6P2. The molecule has 0 rings (SSSR count). The predicted molar refractivity (Wildman–Crippen MR) is 31.7 cm³/mol. The van der Waals surface area contributed by atoms with Crippen molar-refractivity contribution in [1.29, 1.82) is 0 Å². The molecule has 0 aliphatic carbocycles. The van der Waals surface area contributed by atoms with E-state index in [-0.39, 0.29) is 0 Å². The van der Waals surface area contributed by atoms with Gasteiger partial charge in [0.15, 0.2) is 0 Å². The van der Waals surface area contributed by atoms with Gasteiger partial charge in [0, 0.05) is 7.11 Å². The molecule has 0 aliphatic rings. The van der Waals surface area contributed by atoms with Gasteiger partial charge in [0.25, 0.3) is 0 Å². The highest BCUT2D eigenvalue weighted by molar-refractivity contribution is 7.32. The summed E-state index contributed by atoms with van der Waals surface area (Å²) < 4.78 is 21.9. The zero-order valence-electron chi connectivity index (χ0n) is 4.57. The fourth-order valence-electron chi connectivity index (χ4n) is 0. The molecule has 0 aromatic rings. The van der Waals surface area contributed by atoms with Gasteiger partial charge in [0.2, 0.25) is 0 Å². The number of hydrogen-bond acceptors (Lipinski definition) is 3. The fourth-order valence-corrected chi connectivity index (χ4v) is 0. The SMILES string of the molecule is CO[PH](=O)O.O=[PH](O)O. The van der Waals surface area contributed by atoms with Gasteiger partial charge >= 0.3 is 16.5 Å². The van der Waals surface area contributed by atoms with Crippen molar-refractivity contribution in [3.8, 4) is 0 Å². The highest BCUT2D eigenvalue weighted by Crippen LogP contribution is 2.09. The fraction of sp³-hybridized carbons (Fsp3) is 1.00. The monoisotopic (exact) mass is 178 g/mol. The zero-order chi connectivity index (χ0) is 7.86. The van der Waals surface area contributed by atoms with Crippen molar-refractivity contribution < 1.29 is 28.3 Å². The van der Waals surface area contributed by atoms with E-state index < -0.39 is 16.5 Å². The first-order chi connectivity index (χ1) is 4.00.